The monoisotopic (exact) mass is 314 g/mol. The first-order chi connectivity index (χ1) is 9.92. The van der Waals surface area contributed by atoms with E-state index in [1.165, 1.54) is 13.2 Å². The summed E-state index contributed by atoms with van der Waals surface area (Å²) in [4.78, 5) is 12.0. The second kappa shape index (κ2) is 6.18. The number of Topliss-reactive ketones (excluding diaryl/α,β-unsaturated/α-hetero) is 1. The van der Waals surface area contributed by atoms with E-state index in [9.17, 15) is 18.0 Å². The van der Waals surface area contributed by atoms with Gasteiger partial charge in [-0.3, -0.25) is 4.79 Å². The van der Waals surface area contributed by atoms with Crippen molar-refractivity contribution < 1.29 is 22.7 Å². The van der Waals surface area contributed by atoms with E-state index < -0.39 is 28.8 Å². The Morgan fingerprint density at radius 3 is 2.33 bits per heavy atom. The van der Waals surface area contributed by atoms with Gasteiger partial charge in [0, 0.05) is 29.1 Å². The maximum Gasteiger partial charge on any atom is 0.173 e. The summed E-state index contributed by atoms with van der Waals surface area (Å²) < 4.78 is 45.0. The number of hydrogen-bond acceptors (Lipinski definition) is 2. The third kappa shape index (κ3) is 3.36. The molecule has 2 aromatic carbocycles. The number of ketones is 1. The summed E-state index contributed by atoms with van der Waals surface area (Å²) in [5, 5.41) is 0.360. The molecule has 0 spiro atoms. The van der Waals surface area contributed by atoms with E-state index >= 15 is 0 Å². The molecule has 0 amide bonds. The van der Waals surface area contributed by atoms with Gasteiger partial charge in [-0.15, -0.1) is 0 Å². The predicted molar refractivity (Wildman–Crippen MR) is 72.4 cm³/mol. The quantitative estimate of drug-likeness (QED) is 0.791. The summed E-state index contributed by atoms with van der Waals surface area (Å²) in [6.07, 6.45) is -0.316. The second-order valence-electron chi connectivity index (χ2n) is 4.30. The number of hydrogen-bond donors (Lipinski definition) is 0. The fraction of sp³-hybridized carbons (Fsp3) is 0.133. The molecule has 0 radical (unpaired) electrons. The van der Waals surface area contributed by atoms with E-state index in [1.54, 1.807) is 12.1 Å². The highest BCUT2D eigenvalue weighted by atomic mass is 35.5. The zero-order valence-electron chi connectivity index (χ0n) is 10.9. The van der Waals surface area contributed by atoms with Crippen LogP contribution in [0.25, 0.3) is 0 Å². The topological polar surface area (TPSA) is 26.3 Å². The zero-order chi connectivity index (χ0) is 15.6. The molecule has 0 unspecified atom stereocenters. The molecular weight excluding hydrogens is 305 g/mol. The molecule has 0 bridgehead atoms. The lowest BCUT2D eigenvalue weighted by Crippen LogP contribution is -2.10. The third-order valence-corrected chi connectivity index (χ3v) is 3.11. The SMILES string of the molecule is COc1ccc(Cl)cc1CC(=O)c1c(F)cc(F)cc1F. The maximum absolute atomic E-state index is 13.6. The Morgan fingerprint density at radius 1 is 1.14 bits per heavy atom. The van der Waals surface area contributed by atoms with Gasteiger partial charge in [0.15, 0.2) is 5.78 Å². The number of methoxy groups -OCH3 is 1. The summed E-state index contributed by atoms with van der Waals surface area (Å²) >= 11 is 5.82. The number of carbonyl (C=O) groups is 1. The van der Waals surface area contributed by atoms with Crippen LogP contribution in [0.2, 0.25) is 5.02 Å². The van der Waals surface area contributed by atoms with Crippen LogP contribution >= 0.6 is 11.6 Å². The van der Waals surface area contributed by atoms with Crippen LogP contribution in [-0.2, 0) is 6.42 Å². The molecule has 0 saturated heterocycles. The van der Waals surface area contributed by atoms with E-state index in [0.717, 1.165) is 0 Å². The number of halogens is 4. The fourth-order valence-corrected chi connectivity index (χ4v) is 2.15. The van der Waals surface area contributed by atoms with Crippen LogP contribution in [0.1, 0.15) is 15.9 Å². The lowest BCUT2D eigenvalue weighted by Gasteiger charge is -2.09. The van der Waals surface area contributed by atoms with Crippen molar-refractivity contribution in [2.45, 2.75) is 6.42 Å². The molecule has 0 aromatic heterocycles. The molecule has 0 saturated carbocycles. The predicted octanol–water partition coefficient (Wildman–Crippen LogP) is 4.19. The lowest BCUT2D eigenvalue weighted by atomic mass is 10.0. The van der Waals surface area contributed by atoms with E-state index in [2.05, 4.69) is 0 Å². The average molecular weight is 315 g/mol. The molecule has 110 valence electrons. The Morgan fingerprint density at radius 2 is 1.76 bits per heavy atom. The fourth-order valence-electron chi connectivity index (χ4n) is 1.96. The Balaban J connectivity index is 2.37. The van der Waals surface area contributed by atoms with Gasteiger partial charge in [0.25, 0.3) is 0 Å². The molecule has 0 aliphatic heterocycles. The number of ether oxygens (including phenoxy) is 1. The highest BCUT2D eigenvalue weighted by molar-refractivity contribution is 6.30. The Labute approximate surface area is 124 Å². The molecule has 6 heteroatoms. The number of rotatable bonds is 4. The molecule has 0 aliphatic rings. The van der Waals surface area contributed by atoms with E-state index in [0.29, 0.717) is 28.5 Å². The van der Waals surface area contributed by atoms with Crippen LogP contribution < -0.4 is 4.74 Å². The first-order valence-electron chi connectivity index (χ1n) is 5.92. The van der Waals surface area contributed by atoms with Gasteiger partial charge >= 0.3 is 0 Å². The van der Waals surface area contributed by atoms with Gasteiger partial charge in [-0.2, -0.15) is 0 Å². The minimum absolute atomic E-state index is 0.316. The normalized spacial score (nSPS) is 10.5. The molecular formula is C15H10ClF3O2. The molecule has 0 N–H and O–H groups in total. The smallest absolute Gasteiger partial charge is 0.173 e. The first kappa shape index (κ1) is 15.4. The van der Waals surface area contributed by atoms with Crippen LogP contribution in [-0.4, -0.2) is 12.9 Å². The van der Waals surface area contributed by atoms with E-state index in [4.69, 9.17) is 16.3 Å². The van der Waals surface area contributed by atoms with Crippen molar-refractivity contribution in [2.24, 2.45) is 0 Å². The van der Waals surface area contributed by atoms with Crippen molar-refractivity contribution in [1.29, 1.82) is 0 Å². The zero-order valence-corrected chi connectivity index (χ0v) is 11.7. The summed E-state index contributed by atoms with van der Waals surface area (Å²) in [5.41, 5.74) is -0.392. The Bertz CT molecular complexity index is 678. The molecule has 0 heterocycles. The van der Waals surface area contributed by atoms with Crippen LogP contribution in [0, 0.1) is 17.5 Å². The van der Waals surface area contributed by atoms with Gasteiger partial charge in [0.2, 0.25) is 0 Å². The van der Waals surface area contributed by atoms with Crippen molar-refractivity contribution in [2.75, 3.05) is 7.11 Å². The highest BCUT2D eigenvalue weighted by Gasteiger charge is 2.20. The van der Waals surface area contributed by atoms with Crippen molar-refractivity contribution in [1.82, 2.24) is 0 Å². The van der Waals surface area contributed by atoms with E-state index in [1.807, 2.05) is 0 Å². The van der Waals surface area contributed by atoms with Crippen molar-refractivity contribution in [3.8, 4) is 5.75 Å². The molecule has 2 nitrogen and oxygen atoms in total. The molecule has 0 fully saturated rings. The number of carbonyl (C=O) groups excluding carboxylic acids is 1. The minimum Gasteiger partial charge on any atom is -0.496 e. The Hall–Kier alpha value is -2.01. The summed E-state index contributed by atoms with van der Waals surface area (Å²) in [6, 6.07) is 5.50. The molecule has 0 atom stereocenters. The Kier molecular flexibility index (Phi) is 4.53. The molecule has 21 heavy (non-hydrogen) atoms. The third-order valence-electron chi connectivity index (χ3n) is 2.88. The first-order valence-corrected chi connectivity index (χ1v) is 6.30. The molecule has 2 aromatic rings. The second-order valence-corrected chi connectivity index (χ2v) is 4.74. The molecule has 0 aliphatic carbocycles. The summed E-state index contributed by atoms with van der Waals surface area (Å²) in [5.74, 6) is -4.01. The number of benzene rings is 2. The van der Waals surface area contributed by atoms with E-state index in [-0.39, 0.29) is 6.42 Å². The summed E-state index contributed by atoms with van der Waals surface area (Å²) in [6.45, 7) is 0. The van der Waals surface area contributed by atoms with Crippen LogP contribution in [0.5, 0.6) is 5.75 Å². The maximum atomic E-state index is 13.6. The lowest BCUT2D eigenvalue weighted by molar-refractivity contribution is 0.0984. The van der Waals surface area contributed by atoms with Gasteiger partial charge in [0.1, 0.15) is 23.2 Å². The average Bonchev–Trinajstić information content (AvgIpc) is 2.37. The van der Waals surface area contributed by atoms with Crippen LogP contribution in [0.4, 0.5) is 13.2 Å². The van der Waals surface area contributed by atoms with Crippen LogP contribution in [0.15, 0.2) is 30.3 Å². The minimum atomic E-state index is -1.24. The summed E-state index contributed by atoms with van der Waals surface area (Å²) in [7, 11) is 1.40. The standard InChI is InChI=1S/C15H10ClF3O2/c1-21-14-3-2-9(16)4-8(14)5-13(20)15-11(18)6-10(17)7-12(15)19/h2-4,6-7H,5H2,1H3. The molecule has 2 rings (SSSR count). The van der Waals surface area contributed by atoms with Gasteiger partial charge in [-0.05, 0) is 18.2 Å². The van der Waals surface area contributed by atoms with Crippen molar-refractivity contribution >= 4 is 17.4 Å². The van der Waals surface area contributed by atoms with Gasteiger partial charge < -0.3 is 4.74 Å². The largest absolute Gasteiger partial charge is 0.496 e. The van der Waals surface area contributed by atoms with Crippen LogP contribution in [0.3, 0.4) is 0 Å². The van der Waals surface area contributed by atoms with Gasteiger partial charge in [0.05, 0.1) is 12.7 Å². The van der Waals surface area contributed by atoms with Crippen molar-refractivity contribution in [3.63, 3.8) is 0 Å². The van der Waals surface area contributed by atoms with Gasteiger partial charge in [-0.1, -0.05) is 11.6 Å². The van der Waals surface area contributed by atoms with Gasteiger partial charge in [-0.25, -0.2) is 13.2 Å². The van der Waals surface area contributed by atoms with Crippen molar-refractivity contribution in [3.05, 3.63) is 63.9 Å². The highest BCUT2D eigenvalue weighted by Crippen LogP contribution is 2.25.